The summed E-state index contributed by atoms with van der Waals surface area (Å²) in [5.74, 6) is -2.18. The van der Waals surface area contributed by atoms with E-state index in [9.17, 15) is 13.6 Å². The van der Waals surface area contributed by atoms with Crippen LogP contribution in [0.3, 0.4) is 0 Å². The van der Waals surface area contributed by atoms with E-state index in [1.165, 1.54) is 0 Å². The SMILES string of the molecule is O=C(Nc1ccc(F)cc1F)c1ccc(-c2cnc3ccc(Br)cn23)cc1Cl. The molecule has 0 radical (unpaired) electrons. The molecular formula is C20H11BrClF2N3O. The summed E-state index contributed by atoms with van der Waals surface area (Å²) in [6.07, 6.45) is 3.59. The van der Waals surface area contributed by atoms with Gasteiger partial charge in [0.1, 0.15) is 17.3 Å². The molecule has 0 aliphatic rings. The predicted molar refractivity (Wildman–Crippen MR) is 108 cm³/mol. The lowest BCUT2D eigenvalue weighted by Crippen LogP contribution is -2.13. The highest BCUT2D eigenvalue weighted by atomic mass is 79.9. The van der Waals surface area contributed by atoms with Gasteiger partial charge in [0.05, 0.1) is 28.2 Å². The van der Waals surface area contributed by atoms with Crippen LogP contribution < -0.4 is 5.32 Å². The van der Waals surface area contributed by atoms with Crippen molar-refractivity contribution in [1.29, 1.82) is 0 Å². The van der Waals surface area contributed by atoms with Gasteiger partial charge in [-0.2, -0.15) is 0 Å². The average Bonchev–Trinajstić information content (AvgIpc) is 3.06. The Morgan fingerprint density at radius 1 is 1.11 bits per heavy atom. The van der Waals surface area contributed by atoms with Crippen LogP contribution in [0, 0.1) is 11.6 Å². The number of imidazole rings is 1. The second-order valence-corrected chi connectivity index (χ2v) is 7.31. The van der Waals surface area contributed by atoms with Crippen molar-refractivity contribution in [3.05, 3.63) is 87.6 Å². The summed E-state index contributed by atoms with van der Waals surface area (Å²) in [6.45, 7) is 0. The maximum atomic E-state index is 13.8. The van der Waals surface area contributed by atoms with E-state index < -0.39 is 17.5 Å². The van der Waals surface area contributed by atoms with Gasteiger partial charge in [0.15, 0.2) is 0 Å². The number of halogens is 4. The Morgan fingerprint density at radius 2 is 1.93 bits per heavy atom. The first-order valence-electron chi connectivity index (χ1n) is 8.11. The number of hydrogen-bond donors (Lipinski definition) is 1. The molecule has 0 aliphatic carbocycles. The molecule has 140 valence electrons. The lowest BCUT2D eigenvalue weighted by Gasteiger charge is -2.09. The molecule has 0 saturated heterocycles. The number of carbonyl (C=O) groups excluding carboxylic acids is 1. The van der Waals surface area contributed by atoms with Crippen molar-refractivity contribution in [2.24, 2.45) is 0 Å². The highest BCUT2D eigenvalue weighted by molar-refractivity contribution is 9.10. The summed E-state index contributed by atoms with van der Waals surface area (Å²) >= 11 is 9.73. The van der Waals surface area contributed by atoms with Crippen LogP contribution in [0.2, 0.25) is 5.02 Å². The molecule has 0 fully saturated rings. The molecule has 4 aromatic rings. The van der Waals surface area contributed by atoms with Gasteiger partial charge in [0.25, 0.3) is 5.91 Å². The highest BCUT2D eigenvalue weighted by Gasteiger charge is 2.15. The molecule has 0 atom stereocenters. The minimum Gasteiger partial charge on any atom is -0.319 e. The molecule has 0 spiro atoms. The third-order valence-electron chi connectivity index (χ3n) is 4.16. The van der Waals surface area contributed by atoms with E-state index in [0.29, 0.717) is 6.07 Å². The quantitative estimate of drug-likeness (QED) is 0.409. The molecular weight excluding hydrogens is 452 g/mol. The van der Waals surface area contributed by atoms with Crippen LogP contribution in [0.4, 0.5) is 14.5 Å². The van der Waals surface area contributed by atoms with Crippen LogP contribution in [-0.2, 0) is 0 Å². The second kappa shape index (κ2) is 7.33. The van der Waals surface area contributed by atoms with Crippen LogP contribution in [0.25, 0.3) is 16.9 Å². The Labute approximate surface area is 171 Å². The van der Waals surface area contributed by atoms with Crippen LogP contribution in [-0.4, -0.2) is 15.3 Å². The summed E-state index contributed by atoms with van der Waals surface area (Å²) in [5.41, 5.74) is 2.38. The fourth-order valence-electron chi connectivity index (χ4n) is 2.81. The predicted octanol–water partition coefficient (Wildman–Crippen LogP) is 5.95. The standard InChI is InChI=1S/C20H11BrClF2N3O/c21-12-2-6-19-25-9-18(27(19)10-12)11-1-4-14(15(22)7-11)20(28)26-17-5-3-13(23)8-16(17)24/h1-10H,(H,26,28). The summed E-state index contributed by atoms with van der Waals surface area (Å²) in [5, 5.41) is 2.59. The van der Waals surface area contributed by atoms with Gasteiger partial charge in [0, 0.05) is 22.3 Å². The van der Waals surface area contributed by atoms with Crippen molar-refractivity contribution in [2.75, 3.05) is 5.32 Å². The first-order chi connectivity index (χ1) is 13.4. The molecule has 0 unspecified atom stereocenters. The minimum absolute atomic E-state index is 0.127. The van der Waals surface area contributed by atoms with Gasteiger partial charge < -0.3 is 5.32 Å². The van der Waals surface area contributed by atoms with Crippen molar-refractivity contribution in [2.45, 2.75) is 0 Å². The van der Waals surface area contributed by atoms with Crippen LogP contribution in [0.1, 0.15) is 10.4 Å². The first-order valence-corrected chi connectivity index (χ1v) is 9.28. The van der Waals surface area contributed by atoms with Gasteiger partial charge in [-0.05, 0) is 52.3 Å². The zero-order valence-electron chi connectivity index (χ0n) is 14.1. The Hall–Kier alpha value is -2.77. The number of fused-ring (bicyclic) bond motifs is 1. The Balaban J connectivity index is 1.65. The molecule has 0 saturated carbocycles. The molecule has 4 rings (SSSR count). The molecule has 28 heavy (non-hydrogen) atoms. The molecule has 4 nitrogen and oxygen atoms in total. The fourth-order valence-corrected chi connectivity index (χ4v) is 3.41. The van der Waals surface area contributed by atoms with Crippen LogP contribution >= 0.6 is 27.5 Å². The molecule has 8 heteroatoms. The smallest absolute Gasteiger partial charge is 0.257 e. The number of hydrogen-bond acceptors (Lipinski definition) is 2. The van der Waals surface area contributed by atoms with Gasteiger partial charge >= 0.3 is 0 Å². The van der Waals surface area contributed by atoms with E-state index in [2.05, 4.69) is 26.2 Å². The van der Waals surface area contributed by atoms with E-state index in [4.69, 9.17) is 11.6 Å². The Bertz CT molecular complexity index is 1230. The van der Waals surface area contributed by atoms with Gasteiger partial charge in [0.2, 0.25) is 0 Å². The van der Waals surface area contributed by atoms with E-state index in [0.717, 1.165) is 33.5 Å². The molecule has 2 heterocycles. The van der Waals surface area contributed by atoms with Gasteiger partial charge in [-0.3, -0.25) is 9.20 Å². The largest absolute Gasteiger partial charge is 0.319 e. The molecule has 2 aromatic heterocycles. The first kappa shape index (κ1) is 18.6. The van der Waals surface area contributed by atoms with Crippen molar-refractivity contribution >= 4 is 44.8 Å². The average molecular weight is 463 g/mol. The Morgan fingerprint density at radius 3 is 2.68 bits per heavy atom. The Kier molecular flexibility index (Phi) is 4.87. The monoisotopic (exact) mass is 461 g/mol. The van der Waals surface area contributed by atoms with Gasteiger partial charge in [-0.25, -0.2) is 13.8 Å². The third-order valence-corrected chi connectivity index (χ3v) is 4.94. The molecule has 2 aromatic carbocycles. The van der Waals surface area contributed by atoms with Crippen LogP contribution in [0.15, 0.2) is 65.4 Å². The number of benzene rings is 2. The van der Waals surface area contributed by atoms with Crippen molar-refractivity contribution in [3.63, 3.8) is 0 Å². The van der Waals surface area contributed by atoms with E-state index in [-0.39, 0.29) is 16.3 Å². The maximum absolute atomic E-state index is 13.8. The number of nitrogens with zero attached hydrogens (tertiary/aromatic N) is 2. The van der Waals surface area contributed by atoms with E-state index in [1.54, 1.807) is 24.4 Å². The second-order valence-electron chi connectivity index (χ2n) is 5.99. The van der Waals surface area contributed by atoms with Gasteiger partial charge in [-0.15, -0.1) is 0 Å². The molecule has 0 aliphatic heterocycles. The summed E-state index contributed by atoms with van der Waals surface area (Å²) in [7, 11) is 0. The number of nitrogens with one attached hydrogen (secondary N) is 1. The zero-order chi connectivity index (χ0) is 19.8. The lowest BCUT2D eigenvalue weighted by atomic mass is 10.1. The summed E-state index contributed by atoms with van der Waals surface area (Å²) < 4.78 is 29.5. The fraction of sp³-hybridized carbons (Fsp3) is 0. The lowest BCUT2D eigenvalue weighted by molar-refractivity contribution is 0.102. The topological polar surface area (TPSA) is 46.4 Å². The molecule has 1 N–H and O–H groups in total. The third kappa shape index (κ3) is 3.50. The maximum Gasteiger partial charge on any atom is 0.257 e. The van der Waals surface area contributed by atoms with E-state index in [1.807, 2.05) is 22.7 Å². The summed E-state index contributed by atoms with van der Waals surface area (Å²) in [6, 6.07) is 11.6. The van der Waals surface area contributed by atoms with Crippen molar-refractivity contribution in [1.82, 2.24) is 9.38 Å². The number of pyridine rings is 1. The number of rotatable bonds is 3. The zero-order valence-corrected chi connectivity index (χ0v) is 16.4. The number of amides is 1. The van der Waals surface area contributed by atoms with Crippen molar-refractivity contribution < 1.29 is 13.6 Å². The summed E-state index contributed by atoms with van der Waals surface area (Å²) in [4.78, 5) is 16.8. The highest BCUT2D eigenvalue weighted by Crippen LogP contribution is 2.28. The minimum atomic E-state index is -0.864. The number of anilines is 1. The number of aromatic nitrogens is 2. The van der Waals surface area contributed by atoms with Crippen LogP contribution in [0.5, 0.6) is 0 Å². The normalized spacial score (nSPS) is 11.0. The van der Waals surface area contributed by atoms with Crippen molar-refractivity contribution in [3.8, 4) is 11.3 Å². The molecule has 0 bridgehead atoms. The molecule has 1 amide bonds. The number of carbonyl (C=O) groups is 1. The van der Waals surface area contributed by atoms with E-state index >= 15 is 0 Å². The van der Waals surface area contributed by atoms with Gasteiger partial charge in [-0.1, -0.05) is 17.7 Å².